The zero-order chi connectivity index (χ0) is 5.15. The molecule has 38 valence electrons. The summed E-state index contributed by atoms with van der Waals surface area (Å²) in [6.07, 6.45) is 0. The van der Waals surface area contributed by atoms with Gasteiger partial charge in [-0.25, -0.2) is 8.42 Å². The molecule has 0 radical (unpaired) electrons. The molecule has 0 aliphatic carbocycles. The molecule has 4 nitrogen and oxygen atoms in total. The molecule has 0 saturated carbocycles. The van der Waals surface area contributed by atoms with E-state index in [1.165, 1.54) is 0 Å². The number of hydrogen-bond acceptors (Lipinski definition) is 3. The first kappa shape index (κ1) is 10.9. The molecular formula is CH4KNO3S. The van der Waals surface area contributed by atoms with Gasteiger partial charge in [-0.05, 0) is 0 Å². The Morgan fingerprint density at radius 1 is 1.43 bits per heavy atom. The van der Waals surface area contributed by atoms with E-state index < -0.39 is 15.9 Å². The van der Waals surface area contributed by atoms with Crippen molar-refractivity contribution < 1.29 is 13.2 Å². The molecule has 0 atom stereocenters. The number of thiol groups is 1. The molecule has 0 saturated heterocycles. The van der Waals surface area contributed by atoms with Crippen LogP contribution in [0.2, 0.25) is 0 Å². The van der Waals surface area contributed by atoms with Gasteiger partial charge < -0.3 is 5.73 Å². The van der Waals surface area contributed by atoms with Crippen LogP contribution < -0.4 is 5.73 Å². The molecule has 7 heavy (non-hydrogen) atoms. The normalized spacial score (nSPS) is 7.57. The summed E-state index contributed by atoms with van der Waals surface area (Å²) >= 11 is 0. The fourth-order valence-corrected chi connectivity index (χ4v) is 0. The van der Waals surface area contributed by atoms with Gasteiger partial charge in [0.15, 0.2) is 0 Å². The van der Waals surface area contributed by atoms with Crippen molar-refractivity contribution in [3.63, 3.8) is 0 Å². The van der Waals surface area contributed by atoms with Crippen molar-refractivity contribution in [1.29, 1.82) is 0 Å². The van der Waals surface area contributed by atoms with Gasteiger partial charge >= 0.3 is 56.6 Å². The fourth-order valence-electron chi connectivity index (χ4n) is 0. The number of primary amides is 1. The van der Waals surface area contributed by atoms with E-state index in [-0.39, 0.29) is 51.4 Å². The molecule has 0 aliphatic rings. The number of carbonyl (C=O) groups is 1. The Morgan fingerprint density at radius 3 is 1.57 bits per heavy atom. The van der Waals surface area contributed by atoms with Crippen LogP contribution in [-0.4, -0.2) is 65.0 Å². The number of hydrogen-bond donors (Lipinski definition) is 2. The Hall–Kier alpha value is 1.06. The van der Waals surface area contributed by atoms with Crippen molar-refractivity contribution in [3.05, 3.63) is 0 Å². The average molecular weight is 149 g/mol. The molecule has 0 spiro atoms. The van der Waals surface area contributed by atoms with Crippen molar-refractivity contribution >= 4 is 67.3 Å². The van der Waals surface area contributed by atoms with Crippen LogP contribution in [0.3, 0.4) is 0 Å². The summed E-state index contributed by atoms with van der Waals surface area (Å²) in [6, 6.07) is 0. The Bertz CT molecular complexity index is 121. The zero-order valence-electron chi connectivity index (χ0n) is 2.75. The summed E-state index contributed by atoms with van der Waals surface area (Å²) < 4.78 is 18.5. The van der Waals surface area contributed by atoms with E-state index in [9.17, 15) is 13.2 Å². The molecule has 0 heterocycles. The van der Waals surface area contributed by atoms with Gasteiger partial charge in [0.1, 0.15) is 0 Å². The molecule has 0 fully saturated rings. The van der Waals surface area contributed by atoms with Gasteiger partial charge in [-0.15, -0.1) is 0 Å². The number of carbonyl (C=O) groups excluding carboxylic acids is 1. The zero-order valence-corrected chi connectivity index (χ0v) is 3.64. The van der Waals surface area contributed by atoms with Gasteiger partial charge in [-0.1, -0.05) is 0 Å². The minimum absolute atomic E-state index is 0. The molecular weight excluding hydrogens is 145 g/mol. The Morgan fingerprint density at radius 2 is 1.57 bits per heavy atom. The molecule has 0 aliphatic heterocycles. The molecule has 2 N–H and O–H groups in total. The SMILES string of the molecule is NC(=O)[SH](=O)=O.[KH]. The number of nitrogens with two attached hydrogens (primary N) is 1. The van der Waals surface area contributed by atoms with E-state index in [0.717, 1.165) is 0 Å². The summed E-state index contributed by atoms with van der Waals surface area (Å²) in [4.78, 5) is 9.33. The van der Waals surface area contributed by atoms with Crippen LogP contribution in [0.1, 0.15) is 0 Å². The van der Waals surface area contributed by atoms with Crippen molar-refractivity contribution in [3.8, 4) is 0 Å². The quantitative estimate of drug-likeness (QED) is 0.310. The molecule has 1 amide bonds. The molecule has 6 heteroatoms. The Kier molecular flexibility index (Phi) is 8.12. The summed E-state index contributed by atoms with van der Waals surface area (Å²) in [7, 11) is -3.02. The van der Waals surface area contributed by atoms with Crippen LogP contribution >= 0.6 is 0 Å². The van der Waals surface area contributed by atoms with Crippen LogP contribution in [0.4, 0.5) is 4.79 Å². The molecule has 0 aromatic rings. The van der Waals surface area contributed by atoms with Gasteiger partial charge in [0, 0.05) is 0 Å². The monoisotopic (exact) mass is 149 g/mol. The fraction of sp³-hybridized carbons (Fsp3) is 0. The van der Waals surface area contributed by atoms with Crippen LogP contribution in [0.25, 0.3) is 0 Å². The Balaban J connectivity index is 0. The molecule has 0 bridgehead atoms. The maximum atomic E-state index is 9.33. The van der Waals surface area contributed by atoms with Gasteiger partial charge in [-0.2, -0.15) is 0 Å². The van der Waals surface area contributed by atoms with E-state index in [2.05, 4.69) is 5.73 Å². The van der Waals surface area contributed by atoms with E-state index in [4.69, 9.17) is 0 Å². The third kappa shape index (κ3) is 7.06. The third-order valence-corrected chi connectivity index (χ3v) is 0.540. The van der Waals surface area contributed by atoms with Crippen LogP contribution in [0.15, 0.2) is 0 Å². The van der Waals surface area contributed by atoms with E-state index in [1.807, 2.05) is 0 Å². The van der Waals surface area contributed by atoms with Crippen molar-refractivity contribution in [1.82, 2.24) is 0 Å². The summed E-state index contributed by atoms with van der Waals surface area (Å²) in [5.41, 5.74) is 4.20. The second-order valence-electron chi connectivity index (χ2n) is 0.595. The van der Waals surface area contributed by atoms with Gasteiger partial charge in [0.05, 0.1) is 0 Å². The van der Waals surface area contributed by atoms with Gasteiger partial charge in [0.2, 0.25) is 10.7 Å². The first-order valence-electron chi connectivity index (χ1n) is 1.08. The number of amides is 1. The first-order chi connectivity index (χ1) is 2.64. The third-order valence-electron chi connectivity index (χ3n) is 0.180. The van der Waals surface area contributed by atoms with E-state index >= 15 is 0 Å². The topological polar surface area (TPSA) is 77.2 Å². The maximum absolute atomic E-state index is 9.33. The van der Waals surface area contributed by atoms with Crippen LogP contribution in [-0.2, 0) is 10.7 Å². The van der Waals surface area contributed by atoms with E-state index in [0.29, 0.717) is 0 Å². The molecule has 0 unspecified atom stereocenters. The van der Waals surface area contributed by atoms with Gasteiger partial charge in [0.25, 0.3) is 0 Å². The molecule has 0 aromatic heterocycles. The standard InChI is InChI=1S/CH3NO3S.K.H/c2-1(3)6(4)5;;/h6H,(H2,2,3);;. The van der Waals surface area contributed by atoms with Crippen LogP contribution in [0, 0.1) is 0 Å². The first-order valence-corrected chi connectivity index (χ1v) is 2.26. The second kappa shape index (κ2) is 5.20. The summed E-state index contributed by atoms with van der Waals surface area (Å²) in [6.45, 7) is 0. The average Bonchev–Trinajstić information content (AvgIpc) is 1.36. The minimum atomic E-state index is -3.02. The van der Waals surface area contributed by atoms with Gasteiger partial charge in [-0.3, -0.25) is 4.79 Å². The number of rotatable bonds is 0. The molecule has 0 aromatic carbocycles. The van der Waals surface area contributed by atoms with E-state index in [1.54, 1.807) is 0 Å². The summed E-state index contributed by atoms with van der Waals surface area (Å²) in [5, 5.41) is -1.29. The van der Waals surface area contributed by atoms with Crippen LogP contribution in [0.5, 0.6) is 0 Å². The summed E-state index contributed by atoms with van der Waals surface area (Å²) in [5.74, 6) is 0. The predicted octanol–water partition coefficient (Wildman–Crippen LogP) is -1.97. The van der Waals surface area contributed by atoms with Crippen molar-refractivity contribution in [2.45, 2.75) is 0 Å². The predicted molar refractivity (Wildman–Crippen MR) is 27.0 cm³/mol. The Labute approximate surface area is 84.8 Å². The second-order valence-corrected chi connectivity index (χ2v) is 1.55. The van der Waals surface area contributed by atoms with Crippen molar-refractivity contribution in [2.75, 3.05) is 0 Å². The van der Waals surface area contributed by atoms with Crippen molar-refractivity contribution in [2.24, 2.45) is 5.73 Å². The molecule has 0 rings (SSSR count).